The van der Waals surface area contributed by atoms with E-state index in [-0.39, 0.29) is 22.7 Å². The maximum atomic E-state index is 13.6. The first-order chi connectivity index (χ1) is 8.49. The van der Waals surface area contributed by atoms with E-state index in [1.165, 1.54) is 12.1 Å². The monoisotopic (exact) mass is 250 g/mol. The smallest absolute Gasteiger partial charge is 0.251 e. The molecule has 1 heterocycles. The maximum Gasteiger partial charge on any atom is 0.251 e. The lowest BCUT2D eigenvalue weighted by Gasteiger charge is -2.07. The molecule has 0 radical (unpaired) electrons. The largest absolute Gasteiger partial charge is 0.310 e. The summed E-state index contributed by atoms with van der Waals surface area (Å²) in [5, 5.41) is 0. The Morgan fingerprint density at radius 3 is 2.67 bits per heavy atom. The van der Waals surface area contributed by atoms with Crippen LogP contribution < -0.4 is 5.56 Å². The summed E-state index contributed by atoms with van der Waals surface area (Å²) in [6.45, 7) is 3.70. The first-order valence-corrected chi connectivity index (χ1v) is 5.54. The topological polar surface area (TPSA) is 45.8 Å². The first-order valence-electron chi connectivity index (χ1n) is 5.54. The van der Waals surface area contributed by atoms with Crippen LogP contribution in [-0.2, 0) is 0 Å². The molecule has 0 aliphatic heterocycles. The van der Waals surface area contributed by atoms with Crippen molar-refractivity contribution < 1.29 is 8.78 Å². The summed E-state index contributed by atoms with van der Waals surface area (Å²) in [6.07, 6.45) is 0. The molecule has 2 rings (SSSR count). The third-order valence-corrected chi connectivity index (χ3v) is 2.53. The van der Waals surface area contributed by atoms with E-state index >= 15 is 0 Å². The average molecular weight is 250 g/mol. The third-order valence-electron chi connectivity index (χ3n) is 2.53. The molecule has 0 fully saturated rings. The molecule has 0 saturated carbocycles. The molecule has 0 amide bonds. The minimum absolute atomic E-state index is 0.00531. The number of H-pyrrole nitrogens is 1. The van der Waals surface area contributed by atoms with Crippen LogP contribution in [0.15, 0.2) is 29.1 Å². The van der Waals surface area contributed by atoms with Gasteiger partial charge in [-0.2, -0.15) is 0 Å². The Balaban J connectivity index is 2.64. The van der Waals surface area contributed by atoms with Crippen molar-refractivity contribution in [3.05, 3.63) is 52.1 Å². The van der Waals surface area contributed by atoms with Gasteiger partial charge in [0.1, 0.15) is 5.82 Å². The Hall–Kier alpha value is -2.04. The molecule has 0 atom stereocenters. The summed E-state index contributed by atoms with van der Waals surface area (Å²) in [7, 11) is 0. The van der Waals surface area contributed by atoms with Crippen molar-refractivity contribution in [3.63, 3.8) is 0 Å². The molecule has 0 bridgehead atoms. The van der Waals surface area contributed by atoms with E-state index in [0.29, 0.717) is 5.82 Å². The average Bonchev–Trinajstić information content (AvgIpc) is 2.31. The van der Waals surface area contributed by atoms with Gasteiger partial charge < -0.3 is 4.98 Å². The lowest BCUT2D eigenvalue weighted by atomic mass is 10.1. The summed E-state index contributed by atoms with van der Waals surface area (Å²) in [5.41, 5.74) is -0.255. The van der Waals surface area contributed by atoms with Crippen LogP contribution in [0.2, 0.25) is 0 Å². The van der Waals surface area contributed by atoms with E-state index in [9.17, 15) is 13.6 Å². The van der Waals surface area contributed by atoms with E-state index in [1.54, 1.807) is 0 Å². The third kappa shape index (κ3) is 2.30. The zero-order valence-electron chi connectivity index (χ0n) is 10.00. The second-order valence-corrected chi connectivity index (χ2v) is 4.27. The molecule has 1 aromatic carbocycles. The highest BCUT2D eigenvalue weighted by molar-refractivity contribution is 5.59. The standard InChI is InChI=1S/C13H12F2N2O/c1-7(2)13-16-10(6-11(18)17-13)8-4-3-5-9(14)12(8)15/h3-7H,1-2H3,(H,16,17,18). The minimum Gasteiger partial charge on any atom is -0.310 e. The predicted octanol–water partition coefficient (Wildman–Crippen LogP) is 2.84. The van der Waals surface area contributed by atoms with Crippen molar-refractivity contribution in [2.75, 3.05) is 0 Å². The second kappa shape index (κ2) is 4.68. The van der Waals surface area contributed by atoms with Crippen LogP contribution in [0.3, 0.4) is 0 Å². The van der Waals surface area contributed by atoms with Crippen LogP contribution in [-0.4, -0.2) is 9.97 Å². The lowest BCUT2D eigenvalue weighted by Crippen LogP contribution is -2.12. The highest BCUT2D eigenvalue weighted by Crippen LogP contribution is 2.22. The normalized spacial score (nSPS) is 10.9. The van der Waals surface area contributed by atoms with Gasteiger partial charge in [0, 0.05) is 17.5 Å². The molecular formula is C13H12F2N2O. The van der Waals surface area contributed by atoms with Gasteiger partial charge >= 0.3 is 0 Å². The molecule has 0 unspecified atom stereocenters. The van der Waals surface area contributed by atoms with E-state index in [2.05, 4.69) is 9.97 Å². The maximum absolute atomic E-state index is 13.6. The fourth-order valence-electron chi connectivity index (χ4n) is 1.59. The Morgan fingerprint density at radius 1 is 1.28 bits per heavy atom. The quantitative estimate of drug-likeness (QED) is 0.890. The van der Waals surface area contributed by atoms with Gasteiger partial charge in [0.2, 0.25) is 0 Å². The number of aromatic amines is 1. The number of hydrogen-bond acceptors (Lipinski definition) is 2. The van der Waals surface area contributed by atoms with E-state index in [1.807, 2.05) is 13.8 Å². The van der Waals surface area contributed by atoms with E-state index in [4.69, 9.17) is 0 Å². The van der Waals surface area contributed by atoms with E-state index < -0.39 is 11.6 Å². The Morgan fingerprint density at radius 2 is 2.00 bits per heavy atom. The van der Waals surface area contributed by atoms with Gasteiger partial charge in [0.05, 0.1) is 5.69 Å². The predicted molar refractivity (Wildman–Crippen MR) is 64.3 cm³/mol. The summed E-state index contributed by atoms with van der Waals surface area (Å²) in [6, 6.07) is 4.95. The molecule has 0 spiro atoms. The second-order valence-electron chi connectivity index (χ2n) is 4.27. The molecule has 3 nitrogen and oxygen atoms in total. The van der Waals surface area contributed by atoms with Gasteiger partial charge in [-0.1, -0.05) is 19.9 Å². The van der Waals surface area contributed by atoms with Crippen molar-refractivity contribution >= 4 is 0 Å². The summed E-state index contributed by atoms with van der Waals surface area (Å²) < 4.78 is 26.8. The van der Waals surface area contributed by atoms with Crippen LogP contribution in [0.5, 0.6) is 0 Å². The van der Waals surface area contributed by atoms with Gasteiger partial charge in [-0.25, -0.2) is 13.8 Å². The van der Waals surface area contributed by atoms with Crippen LogP contribution in [0.25, 0.3) is 11.3 Å². The zero-order chi connectivity index (χ0) is 13.3. The van der Waals surface area contributed by atoms with Gasteiger partial charge in [0.15, 0.2) is 11.6 Å². The van der Waals surface area contributed by atoms with Crippen molar-refractivity contribution in [2.45, 2.75) is 19.8 Å². The first kappa shape index (κ1) is 12.4. The molecule has 1 aromatic heterocycles. The van der Waals surface area contributed by atoms with Crippen molar-refractivity contribution in [2.24, 2.45) is 0 Å². The van der Waals surface area contributed by atoms with Crippen LogP contribution >= 0.6 is 0 Å². The fraction of sp³-hybridized carbons (Fsp3) is 0.231. The number of nitrogens with zero attached hydrogens (tertiary/aromatic N) is 1. The van der Waals surface area contributed by atoms with Crippen molar-refractivity contribution in [3.8, 4) is 11.3 Å². The molecular weight excluding hydrogens is 238 g/mol. The molecule has 94 valence electrons. The van der Waals surface area contributed by atoms with Gasteiger partial charge in [0.25, 0.3) is 5.56 Å². The van der Waals surface area contributed by atoms with Crippen LogP contribution in [0.4, 0.5) is 8.78 Å². The number of benzene rings is 1. The van der Waals surface area contributed by atoms with Gasteiger partial charge in [-0.3, -0.25) is 4.79 Å². The van der Waals surface area contributed by atoms with Crippen LogP contribution in [0.1, 0.15) is 25.6 Å². The Labute approximate surface area is 103 Å². The molecule has 0 aliphatic carbocycles. The molecule has 0 aliphatic rings. The Bertz CT molecular complexity index is 635. The number of aromatic nitrogens is 2. The number of rotatable bonds is 2. The van der Waals surface area contributed by atoms with E-state index in [0.717, 1.165) is 12.1 Å². The highest BCUT2D eigenvalue weighted by Gasteiger charge is 2.13. The van der Waals surface area contributed by atoms with Crippen molar-refractivity contribution in [1.82, 2.24) is 9.97 Å². The number of nitrogens with one attached hydrogen (secondary N) is 1. The molecule has 1 N–H and O–H groups in total. The molecule has 2 aromatic rings. The number of hydrogen-bond donors (Lipinski definition) is 1. The van der Waals surface area contributed by atoms with Gasteiger partial charge in [-0.15, -0.1) is 0 Å². The molecule has 0 saturated heterocycles. The van der Waals surface area contributed by atoms with Crippen molar-refractivity contribution in [1.29, 1.82) is 0 Å². The number of halogens is 2. The molecule has 5 heteroatoms. The van der Waals surface area contributed by atoms with Gasteiger partial charge in [-0.05, 0) is 12.1 Å². The fourth-order valence-corrected chi connectivity index (χ4v) is 1.59. The molecule has 18 heavy (non-hydrogen) atoms. The minimum atomic E-state index is -0.995. The lowest BCUT2D eigenvalue weighted by molar-refractivity contribution is 0.511. The van der Waals surface area contributed by atoms with Crippen LogP contribution in [0, 0.1) is 11.6 Å². The summed E-state index contributed by atoms with van der Waals surface area (Å²) in [5.74, 6) is -1.51. The zero-order valence-corrected chi connectivity index (χ0v) is 10.00. The summed E-state index contributed by atoms with van der Waals surface area (Å²) in [4.78, 5) is 18.2. The SMILES string of the molecule is CC(C)c1nc(-c2cccc(F)c2F)cc(=O)[nH]1. The summed E-state index contributed by atoms with van der Waals surface area (Å²) >= 11 is 0. The Kier molecular flexibility index (Phi) is 3.23. The highest BCUT2D eigenvalue weighted by atomic mass is 19.2.